The van der Waals surface area contributed by atoms with Crippen molar-refractivity contribution in [2.45, 2.75) is 13.0 Å². The largest absolute Gasteiger partial charge is 0.507 e. The van der Waals surface area contributed by atoms with Crippen molar-refractivity contribution in [3.63, 3.8) is 0 Å². The fourth-order valence-electron chi connectivity index (χ4n) is 4.79. The number of hydrogen-bond donors (Lipinski definition) is 1. The van der Waals surface area contributed by atoms with Crippen LogP contribution in [0.25, 0.3) is 5.76 Å². The third kappa shape index (κ3) is 4.76. The van der Waals surface area contributed by atoms with Crippen molar-refractivity contribution >= 4 is 17.4 Å². The first-order chi connectivity index (χ1) is 17.6. The number of aliphatic hydroxyl groups excluding tert-OH is 1. The minimum atomic E-state index is -0.727. The second-order valence-corrected chi connectivity index (χ2v) is 8.81. The predicted molar refractivity (Wildman–Crippen MR) is 131 cm³/mol. The Balaban J connectivity index is 1.52. The molecule has 0 radical (unpaired) electrons. The zero-order valence-corrected chi connectivity index (χ0v) is 20.3. The minimum Gasteiger partial charge on any atom is -0.507 e. The average Bonchev–Trinajstić information content (AvgIpc) is 3.17. The van der Waals surface area contributed by atoms with Gasteiger partial charge < -0.3 is 29.0 Å². The van der Waals surface area contributed by atoms with Gasteiger partial charge in [0.1, 0.15) is 24.7 Å². The van der Waals surface area contributed by atoms with Gasteiger partial charge in [-0.2, -0.15) is 0 Å². The molecule has 0 spiro atoms. The number of likely N-dealkylation sites (tertiary alicyclic amines) is 1. The van der Waals surface area contributed by atoms with Gasteiger partial charge in [-0.15, -0.1) is 0 Å². The van der Waals surface area contributed by atoms with Gasteiger partial charge in [-0.05, 0) is 42.8 Å². The van der Waals surface area contributed by atoms with Crippen LogP contribution in [0.3, 0.4) is 0 Å². The summed E-state index contributed by atoms with van der Waals surface area (Å²) < 4.78 is 22.2. The number of Topliss-reactive ketones (excluding diaryl/α,β-unsaturated/α-hetero) is 1. The smallest absolute Gasteiger partial charge is 0.295 e. The summed E-state index contributed by atoms with van der Waals surface area (Å²) in [4.78, 5) is 30.3. The van der Waals surface area contributed by atoms with E-state index in [4.69, 9.17) is 18.9 Å². The van der Waals surface area contributed by atoms with Crippen molar-refractivity contribution in [2.24, 2.45) is 0 Å². The van der Waals surface area contributed by atoms with Crippen molar-refractivity contribution in [3.8, 4) is 17.2 Å². The highest BCUT2D eigenvalue weighted by Gasteiger charge is 2.46. The van der Waals surface area contributed by atoms with E-state index in [9.17, 15) is 14.7 Å². The number of ether oxygens (including phenoxy) is 4. The van der Waals surface area contributed by atoms with Crippen molar-refractivity contribution in [3.05, 3.63) is 59.2 Å². The van der Waals surface area contributed by atoms with E-state index in [1.807, 2.05) is 31.2 Å². The van der Waals surface area contributed by atoms with Crippen molar-refractivity contribution in [2.75, 3.05) is 59.2 Å². The van der Waals surface area contributed by atoms with Gasteiger partial charge >= 0.3 is 0 Å². The number of carbonyl (C=O) groups excluding carboxylic acids is 2. The summed E-state index contributed by atoms with van der Waals surface area (Å²) in [5, 5.41) is 11.3. The van der Waals surface area contributed by atoms with Crippen molar-refractivity contribution < 1.29 is 33.6 Å². The number of carbonyl (C=O) groups is 2. The lowest BCUT2D eigenvalue weighted by Gasteiger charge is -2.31. The Morgan fingerprint density at radius 3 is 2.42 bits per heavy atom. The lowest BCUT2D eigenvalue weighted by Crippen LogP contribution is -2.42. The zero-order chi connectivity index (χ0) is 25.1. The maximum atomic E-state index is 13.3. The fourth-order valence-corrected chi connectivity index (χ4v) is 4.79. The molecular weight excluding hydrogens is 464 g/mol. The molecular formula is C27H30N2O7. The van der Waals surface area contributed by atoms with E-state index in [2.05, 4.69) is 4.90 Å². The predicted octanol–water partition coefficient (Wildman–Crippen LogP) is 2.61. The van der Waals surface area contributed by atoms with Crippen LogP contribution in [0.5, 0.6) is 17.2 Å². The van der Waals surface area contributed by atoms with Crippen LogP contribution in [-0.4, -0.2) is 85.8 Å². The van der Waals surface area contributed by atoms with Crippen LogP contribution in [0.15, 0.2) is 48.0 Å². The first kappa shape index (κ1) is 24.1. The second kappa shape index (κ2) is 10.6. The third-order valence-electron chi connectivity index (χ3n) is 6.62. The summed E-state index contributed by atoms with van der Waals surface area (Å²) >= 11 is 0. The molecule has 1 unspecified atom stereocenters. The molecule has 2 aromatic rings. The van der Waals surface area contributed by atoms with Gasteiger partial charge in [-0.3, -0.25) is 14.5 Å². The minimum absolute atomic E-state index is 0.0582. The highest BCUT2D eigenvalue weighted by molar-refractivity contribution is 6.46. The molecule has 2 fully saturated rings. The topological polar surface area (TPSA) is 97.8 Å². The molecule has 3 aliphatic rings. The van der Waals surface area contributed by atoms with Crippen LogP contribution in [-0.2, 0) is 14.3 Å². The molecule has 9 heteroatoms. The monoisotopic (exact) mass is 494 g/mol. The number of ketones is 1. The van der Waals surface area contributed by atoms with Crippen molar-refractivity contribution in [1.82, 2.24) is 9.80 Å². The number of morpholine rings is 1. The van der Waals surface area contributed by atoms with Gasteiger partial charge in [0.25, 0.3) is 11.7 Å². The lowest BCUT2D eigenvalue weighted by molar-refractivity contribution is -0.140. The van der Waals surface area contributed by atoms with Gasteiger partial charge in [-0.1, -0.05) is 12.1 Å². The fraction of sp³-hybridized carbons (Fsp3) is 0.407. The molecule has 0 aromatic heterocycles. The number of nitrogens with zero attached hydrogens (tertiary/aromatic N) is 2. The van der Waals surface area contributed by atoms with E-state index in [1.165, 1.54) is 0 Å². The van der Waals surface area contributed by atoms with Crippen LogP contribution >= 0.6 is 0 Å². The average molecular weight is 495 g/mol. The van der Waals surface area contributed by atoms with Crippen molar-refractivity contribution in [1.29, 1.82) is 0 Å². The number of rotatable bonds is 7. The summed E-state index contributed by atoms with van der Waals surface area (Å²) in [6.45, 7) is 7.07. The van der Waals surface area contributed by atoms with Gasteiger partial charge in [0.2, 0.25) is 0 Å². The quantitative estimate of drug-likeness (QED) is 0.357. The maximum Gasteiger partial charge on any atom is 0.295 e. The Hall–Kier alpha value is -3.56. The molecule has 0 aliphatic carbocycles. The number of amides is 1. The van der Waals surface area contributed by atoms with E-state index in [-0.39, 0.29) is 11.3 Å². The van der Waals surface area contributed by atoms with E-state index in [0.29, 0.717) is 68.9 Å². The molecule has 2 saturated heterocycles. The van der Waals surface area contributed by atoms with E-state index in [1.54, 1.807) is 23.1 Å². The SMILES string of the molecule is CCOc1ccc(C2C(=C(O)c3ccc4c(c3)OCCO4)C(=O)C(=O)N2CCN2CCOCC2)cc1. The van der Waals surface area contributed by atoms with E-state index in [0.717, 1.165) is 18.7 Å². The summed E-state index contributed by atoms with van der Waals surface area (Å²) in [5.41, 5.74) is 1.17. The summed E-state index contributed by atoms with van der Waals surface area (Å²) in [6, 6.07) is 11.6. The van der Waals surface area contributed by atoms with E-state index >= 15 is 0 Å². The first-order valence-corrected chi connectivity index (χ1v) is 12.3. The third-order valence-corrected chi connectivity index (χ3v) is 6.62. The molecule has 3 aliphatic heterocycles. The lowest BCUT2D eigenvalue weighted by atomic mass is 9.95. The molecule has 0 saturated carbocycles. The van der Waals surface area contributed by atoms with Gasteiger partial charge in [-0.25, -0.2) is 0 Å². The Bertz CT molecular complexity index is 1160. The molecule has 2 aromatic carbocycles. The van der Waals surface area contributed by atoms with Gasteiger partial charge in [0.15, 0.2) is 11.5 Å². The normalized spacial score (nSPS) is 21.6. The number of benzene rings is 2. The molecule has 190 valence electrons. The van der Waals surface area contributed by atoms with Crippen LogP contribution in [0.1, 0.15) is 24.1 Å². The molecule has 1 atom stereocenters. The molecule has 1 amide bonds. The molecule has 3 heterocycles. The molecule has 9 nitrogen and oxygen atoms in total. The summed E-state index contributed by atoms with van der Waals surface area (Å²) in [6.07, 6.45) is 0. The Morgan fingerprint density at radius 1 is 0.972 bits per heavy atom. The zero-order valence-electron chi connectivity index (χ0n) is 20.3. The summed E-state index contributed by atoms with van der Waals surface area (Å²) in [5.74, 6) is 0.192. The summed E-state index contributed by atoms with van der Waals surface area (Å²) in [7, 11) is 0. The Morgan fingerprint density at radius 2 is 1.69 bits per heavy atom. The number of fused-ring (bicyclic) bond motifs is 1. The molecule has 36 heavy (non-hydrogen) atoms. The van der Waals surface area contributed by atoms with E-state index < -0.39 is 17.7 Å². The maximum absolute atomic E-state index is 13.3. The highest BCUT2D eigenvalue weighted by atomic mass is 16.6. The molecule has 1 N–H and O–H groups in total. The number of aliphatic hydroxyl groups is 1. The Labute approximate surface area is 209 Å². The number of hydrogen-bond acceptors (Lipinski definition) is 8. The molecule has 5 rings (SSSR count). The van der Waals surface area contributed by atoms with Gasteiger partial charge in [0.05, 0.1) is 31.4 Å². The van der Waals surface area contributed by atoms with Crippen LogP contribution in [0.2, 0.25) is 0 Å². The van der Waals surface area contributed by atoms with Crippen LogP contribution in [0.4, 0.5) is 0 Å². The van der Waals surface area contributed by atoms with Crippen LogP contribution in [0, 0.1) is 0 Å². The Kier molecular flexibility index (Phi) is 7.11. The van der Waals surface area contributed by atoms with Crippen LogP contribution < -0.4 is 14.2 Å². The highest BCUT2D eigenvalue weighted by Crippen LogP contribution is 2.41. The standard InChI is InChI=1S/C27H30N2O7/c1-2-34-20-6-3-18(4-7-20)24-23(25(30)19-5-8-21-22(17-19)36-16-15-35-21)26(31)27(32)29(24)10-9-28-11-13-33-14-12-28/h3-8,17,24,30H,2,9-16H2,1H3. The van der Waals surface area contributed by atoms with Gasteiger partial charge in [0, 0.05) is 31.7 Å². The second-order valence-electron chi connectivity index (χ2n) is 8.81. The molecule has 0 bridgehead atoms. The first-order valence-electron chi connectivity index (χ1n) is 12.3.